The van der Waals surface area contributed by atoms with Gasteiger partial charge in [-0.2, -0.15) is 0 Å². The highest BCUT2D eigenvalue weighted by Gasteiger charge is 2.05. The molecule has 0 aliphatic rings. The summed E-state index contributed by atoms with van der Waals surface area (Å²) in [5, 5.41) is 7.29. The Balaban J connectivity index is 2.60. The van der Waals surface area contributed by atoms with Gasteiger partial charge in [-0.3, -0.25) is 4.79 Å². The van der Waals surface area contributed by atoms with E-state index in [-0.39, 0.29) is 12.5 Å². The lowest BCUT2D eigenvalue weighted by Crippen LogP contribution is -2.38. The molecule has 0 aliphatic heterocycles. The summed E-state index contributed by atoms with van der Waals surface area (Å²) in [6.07, 6.45) is 1.84. The molecule has 1 heterocycles. The second-order valence-electron chi connectivity index (χ2n) is 4.98. The van der Waals surface area contributed by atoms with Crippen LogP contribution in [0.15, 0.2) is 23.3 Å². The largest absolute Gasteiger partial charge is 0.353 e. The van der Waals surface area contributed by atoms with Crippen LogP contribution < -0.4 is 10.6 Å². The number of hydrogen-bond donors (Lipinski definition) is 2. The lowest BCUT2D eigenvalue weighted by molar-refractivity contribution is -0.127. The number of likely N-dealkylation sites (N-methyl/N-ethyl adjacent to an activating group) is 1. The molecule has 2 N–H and O–H groups in total. The van der Waals surface area contributed by atoms with E-state index in [1.165, 1.54) is 9.78 Å². The van der Waals surface area contributed by atoms with Gasteiger partial charge in [0.1, 0.15) is 11.6 Å². The van der Waals surface area contributed by atoms with Gasteiger partial charge in [-0.05, 0) is 13.8 Å². The predicted octanol–water partition coefficient (Wildman–Crippen LogP) is 1.15. The predicted molar refractivity (Wildman–Crippen MR) is 87.5 cm³/mol. The van der Waals surface area contributed by atoms with Crippen molar-refractivity contribution < 1.29 is 4.79 Å². The molecule has 6 nitrogen and oxygen atoms in total. The average molecular weight is 309 g/mol. The Morgan fingerprint density at radius 3 is 2.71 bits per heavy atom. The van der Waals surface area contributed by atoms with E-state index in [9.17, 15) is 4.79 Å². The first-order valence-electron chi connectivity index (χ1n) is 6.66. The van der Waals surface area contributed by atoms with Gasteiger partial charge in [0.05, 0.1) is 6.54 Å². The standard InChI is InChI=1S/C14H23N5OS/c1-10(2)6-16-14(18-9-13(20)19(4)5)17-8-12-15-7-11(3)21-12/h7H,1,6,8-9H2,2-5H3,(H2,16,17,18). The number of amides is 1. The number of aliphatic imine (C=N–C) groups is 1. The minimum Gasteiger partial charge on any atom is -0.353 e. The van der Waals surface area contributed by atoms with Crippen molar-refractivity contribution in [1.82, 2.24) is 20.5 Å². The van der Waals surface area contributed by atoms with Gasteiger partial charge in [0, 0.05) is 31.7 Å². The maximum atomic E-state index is 11.6. The lowest BCUT2D eigenvalue weighted by atomic mass is 10.3. The monoisotopic (exact) mass is 309 g/mol. The molecule has 0 radical (unpaired) electrons. The van der Waals surface area contributed by atoms with Crippen LogP contribution in [0.5, 0.6) is 0 Å². The fraction of sp³-hybridized carbons (Fsp3) is 0.500. The summed E-state index contributed by atoms with van der Waals surface area (Å²) in [5.74, 6) is 0.539. The van der Waals surface area contributed by atoms with E-state index >= 15 is 0 Å². The van der Waals surface area contributed by atoms with E-state index in [1.807, 2.05) is 20.0 Å². The van der Waals surface area contributed by atoms with Crippen LogP contribution >= 0.6 is 11.3 Å². The summed E-state index contributed by atoms with van der Waals surface area (Å²) in [6.45, 7) is 9.09. The summed E-state index contributed by atoms with van der Waals surface area (Å²) >= 11 is 1.63. The van der Waals surface area contributed by atoms with Crippen LogP contribution in [0.25, 0.3) is 0 Å². The van der Waals surface area contributed by atoms with Crippen molar-refractivity contribution in [2.24, 2.45) is 4.99 Å². The zero-order valence-electron chi connectivity index (χ0n) is 13.1. The number of nitrogens with zero attached hydrogens (tertiary/aromatic N) is 3. The molecule has 1 rings (SSSR count). The van der Waals surface area contributed by atoms with Crippen LogP contribution in [0.4, 0.5) is 0 Å². The second-order valence-corrected chi connectivity index (χ2v) is 6.30. The molecule has 21 heavy (non-hydrogen) atoms. The van der Waals surface area contributed by atoms with Crippen molar-refractivity contribution in [3.8, 4) is 0 Å². The maximum absolute atomic E-state index is 11.6. The molecule has 0 bridgehead atoms. The number of aryl methyl sites for hydroxylation is 1. The maximum Gasteiger partial charge on any atom is 0.243 e. The van der Waals surface area contributed by atoms with Crippen molar-refractivity contribution in [1.29, 1.82) is 0 Å². The third-order valence-corrected chi connectivity index (χ3v) is 3.42. The highest BCUT2D eigenvalue weighted by atomic mass is 32.1. The SMILES string of the molecule is C=C(C)CNC(=NCC(=O)N(C)C)NCc1ncc(C)s1. The Morgan fingerprint density at radius 2 is 2.19 bits per heavy atom. The van der Waals surface area contributed by atoms with E-state index in [0.717, 1.165) is 10.6 Å². The fourth-order valence-corrected chi connectivity index (χ4v) is 2.07. The van der Waals surface area contributed by atoms with E-state index < -0.39 is 0 Å². The topological polar surface area (TPSA) is 69.6 Å². The summed E-state index contributed by atoms with van der Waals surface area (Å²) < 4.78 is 0. The van der Waals surface area contributed by atoms with Crippen molar-refractivity contribution in [3.05, 3.63) is 28.2 Å². The average Bonchev–Trinajstić information content (AvgIpc) is 2.82. The molecule has 0 atom stereocenters. The third kappa shape index (κ3) is 6.89. The summed E-state index contributed by atoms with van der Waals surface area (Å²) in [6, 6.07) is 0. The second kappa shape index (κ2) is 8.41. The van der Waals surface area contributed by atoms with Gasteiger partial charge in [-0.25, -0.2) is 9.98 Å². The van der Waals surface area contributed by atoms with Crippen molar-refractivity contribution in [2.45, 2.75) is 20.4 Å². The van der Waals surface area contributed by atoms with Crippen molar-refractivity contribution >= 4 is 23.2 Å². The van der Waals surface area contributed by atoms with Gasteiger partial charge in [0.15, 0.2) is 5.96 Å². The van der Waals surface area contributed by atoms with Crippen molar-refractivity contribution in [2.75, 3.05) is 27.2 Å². The fourth-order valence-electron chi connectivity index (χ4n) is 1.34. The number of guanidine groups is 1. The normalized spacial score (nSPS) is 11.1. The Kier molecular flexibility index (Phi) is 6.87. The minimum atomic E-state index is -0.0449. The molecule has 7 heteroatoms. The molecule has 0 saturated carbocycles. The van der Waals surface area contributed by atoms with Crippen LogP contribution in [0, 0.1) is 6.92 Å². The molecule has 1 amide bonds. The van der Waals surface area contributed by atoms with E-state index in [2.05, 4.69) is 27.2 Å². The van der Waals surface area contributed by atoms with Gasteiger partial charge in [-0.15, -0.1) is 11.3 Å². The molecule has 1 aromatic rings. The first-order valence-corrected chi connectivity index (χ1v) is 7.48. The molecule has 0 unspecified atom stereocenters. The van der Waals surface area contributed by atoms with E-state index in [1.54, 1.807) is 25.4 Å². The number of carbonyl (C=O) groups excluding carboxylic acids is 1. The molecule has 0 aliphatic carbocycles. The van der Waals surface area contributed by atoms with Crippen LogP contribution in [0.2, 0.25) is 0 Å². The summed E-state index contributed by atoms with van der Waals surface area (Å²) in [7, 11) is 3.43. The van der Waals surface area contributed by atoms with Gasteiger partial charge in [0.2, 0.25) is 5.91 Å². The van der Waals surface area contributed by atoms with Crippen LogP contribution in [0.1, 0.15) is 16.8 Å². The lowest BCUT2D eigenvalue weighted by Gasteiger charge is -2.13. The highest BCUT2D eigenvalue weighted by molar-refractivity contribution is 7.11. The zero-order chi connectivity index (χ0) is 15.8. The minimum absolute atomic E-state index is 0.0449. The summed E-state index contributed by atoms with van der Waals surface area (Å²) in [5.41, 5.74) is 0.994. The Morgan fingerprint density at radius 1 is 1.48 bits per heavy atom. The van der Waals surface area contributed by atoms with Gasteiger partial charge in [-0.1, -0.05) is 12.2 Å². The molecule has 0 saturated heterocycles. The molecular formula is C14H23N5OS. The Hall–Kier alpha value is -1.89. The highest BCUT2D eigenvalue weighted by Crippen LogP contribution is 2.10. The molecule has 0 aromatic carbocycles. The number of rotatable bonds is 6. The van der Waals surface area contributed by atoms with E-state index in [0.29, 0.717) is 19.0 Å². The van der Waals surface area contributed by atoms with Gasteiger partial charge in [0.25, 0.3) is 0 Å². The van der Waals surface area contributed by atoms with Gasteiger partial charge >= 0.3 is 0 Å². The Bertz CT molecular complexity index is 521. The molecule has 0 spiro atoms. The number of hydrogen-bond acceptors (Lipinski definition) is 4. The number of aromatic nitrogens is 1. The Labute approximate surface area is 130 Å². The first kappa shape index (κ1) is 17.2. The third-order valence-electron chi connectivity index (χ3n) is 2.51. The summed E-state index contributed by atoms with van der Waals surface area (Å²) in [4.78, 5) is 22.9. The quantitative estimate of drug-likeness (QED) is 0.470. The van der Waals surface area contributed by atoms with Crippen LogP contribution in [0.3, 0.4) is 0 Å². The molecule has 0 fully saturated rings. The van der Waals surface area contributed by atoms with Crippen LogP contribution in [-0.2, 0) is 11.3 Å². The van der Waals surface area contributed by atoms with Crippen molar-refractivity contribution in [3.63, 3.8) is 0 Å². The van der Waals surface area contributed by atoms with Gasteiger partial charge < -0.3 is 15.5 Å². The number of carbonyl (C=O) groups is 1. The number of nitrogens with one attached hydrogen (secondary N) is 2. The van der Waals surface area contributed by atoms with E-state index in [4.69, 9.17) is 0 Å². The zero-order valence-corrected chi connectivity index (χ0v) is 13.9. The molecule has 116 valence electrons. The first-order chi connectivity index (χ1) is 9.88. The molecular weight excluding hydrogens is 286 g/mol. The smallest absolute Gasteiger partial charge is 0.243 e. The molecule has 1 aromatic heterocycles. The van der Waals surface area contributed by atoms with Crippen LogP contribution in [-0.4, -0.2) is 48.9 Å². The number of thiazole rings is 1.